The fourth-order valence-electron chi connectivity index (χ4n) is 4.58. The summed E-state index contributed by atoms with van der Waals surface area (Å²) in [6.07, 6.45) is -3.58. The molecule has 1 heterocycles. The molecule has 0 saturated carbocycles. The molecule has 5 atom stereocenters. The van der Waals surface area contributed by atoms with Crippen molar-refractivity contribution in [2.75, 3.05) is 13.7 Å². The molecule has 3 aromatic carbocycles. The molecule has 1 aliphatic heterocycles. The Kier molecular flexibility index (Phi) is 10.4. The van der Waals surface area contributed by atoms with Crippen LogP contribution in [0.3, 0.4) is 0 Å². The highest BCUT2D eigenvalue weighted by Gasteiger charge is 2.46. The van der Waals surface area contributed by atoms with Crippen molar-refractivity contribution in [3.63, 3.8) is 0 Å². The van der Waals surface area contributed by atoms with Crippen molar-refractivity contribution in [2.45, 2.75) is 44.0 Å². The number of Topliss-reactive ketones (excluding diaryl/α,β-unsaturated/α-hetero) is 1. The van der Waals surface area contributed by atoms with Gasteiger partial charge in [-0.25, -0.2) is 9.59 Å². The van der Waals surface area contributed by atoms with E-state index in [2.05, 4.69) is 5.32 Å². The zero-order valence-electron chi connectivity index (χ0n) is 22.2. The summed E-state index contributed by atoms with van der Waals surface area (Å²) in [4.78, 5) is 38.7. The van der Waals surface area contributed by atoms with Crippen molar-refractivity contribution < 1.29 is 38.4 Å². The molecule has 9 nitrogen and oxygen atoms in total. The van der Waals surface area contributed by atoms with E-state index in [-0.39, 0.29) is 31.8 Å². The molecule has 1 aliphatic rings. The predicted molar refractivity (Wildman–Crippen MR) is 145 cm³/mol. The number of ketones is 1. The van der Waals surface area contributed by atoms with E-state index < -0.39 is 42.5 Å². The summed E-state index contributed by atoms with van der Waals surface area (Å²) in [6, 6.07) is 26.0. The van der Waals surface area contributed by atoms with Crippen molar-refractivity contribution >= 4 is 17.8 Å². The van der Waals surface area contributed by atoms with Gasteiger partial charge in [0.05, 0.1) is 11.6 Å². The average Bonchev–Trinajstić information content (AvgIpc) is 3.29. The molecule has 2 N–H and O–H groups in total. The Morgan fingerprint density at radius 2 is 1.48 bits per heavy atom. The lowest BCUT2D eigenvalue weighted by molar-refractivity contribution is -0.153. The Morgan fingerprint density at radius 1 is 0.875 bits per heavy atom. The molecular weight excluding hydrogens is 514 g/mol. The number of nitrogens with one attached hydrogen (secondary N) is 1. The summed E-state index contributed by atoms with van der Waals surface area (Å²) >= 11 is 0. The minimum Gasteiger partial charge on any atom is -0.459 e. The van der Waals surface area contributed by atoms with Crippen molar-refractivity contribution in [1.29, 1.82) is 0 Å². The molecule has 9 heteroatoms. The summed E-state index contributed by atoms with van der Waals surface area (Å²) < 4.78 is 21.8. The molecule has 0 radical (unpaired) electrons. The molecule has 210 valence electrons. The van der Waals surface area contributed by atoms with Crippen LogP contribution in [-0.2, 0) is 36.8 Å². The Labute approximate surface area is 233 Å². The monoisotopic (exact) mass is 547 g/mol. The molecule has 0 spiro atoms. The highest BCUT2D eigenvalue weighted by atomic mass is 16.7. The normalized spacial score (nSPS) is 20.9. The highest BCUT2D eigenvalue weighted by molar-refractivity contribution is 5.89. The van der Waals surface area contributed by atoms with Gasteiger partial charge in [0.15, 0.2) is 12.1 Å². The standard InChI is InChI=1S/C31H33NO8/c1-37-30-28(34)24(27(40-30)20-38-29(35)23-15-9-4-10-16-23)18-26(33)25(17-21-11-5-2-6-12-21)32-31(36)39-19-22-13-7-3-8-14-22/h2-16,24-25,27-28,30,34H,17-20H2,1H3,(H,32,36)/t24-,25-,27+,28?,30+/m0/s1. The lowest BCUT2D eigenvalue weighted by atomic mass is 9.89. The number of hydrogen-bond donors (Lipinski definition) is 2. The number of carbonyl (C=O) groups excluding carboxylic acids is 3. The maximum absolute atomic E-state index is 13.6. The van der Waals surface area contributed by atoms with Crippen LogP contribution in [0.5, 0.6) is 0 Å². The summed E-state index contributed by atoms with van der Waals surface area (Å²) in [7, 11) is 1.38. The van der Waals surface area contributed by atoms with E-state index in [4.69, 9.17) is 18.9 Å². The summed E-state index contributed by atoms with van der Waals surface area (Å²) in [5, 5.41) is 13.5. The van der Waals surface area contributed by atoms with Crippen LogP contribution in [0.25, 0.3) is 0 Å². The number of methoxy groups -OCH3 is 1. The number of ether oxygens (including phenoxy) is 4. The molecule has 1 amide bonds. The Balaban J connectivity index is 1.43. The Hall–Kier alpha value is -4.05. The van der Waals surface area contributed by atoms with Gasteiger partial charge in [-0.1, -0.05) is 78.9 Å². The van der Waals surface area contributed by atoms with Crippen LogP contribution < -0.4 is 5.32 Å². The van der Waals surface area contributed by atoms with E-state index >= 15 is 0 Å². The molecular formula is C31H33NO8. The maximum Gasteiger partial charge on any atom is 0.408 e. The van der Waals surface area contributed by atoms with Gasteiger partial charge >= 0.3 is 12.1 Å². The smallest absolute Gasteiger partial charge is 0.408 e. The first-order valence-electron chi connectivity index (χ1n) is 13.1. The topological polar surface area (TPSA) is 120 Å². The van der Waals surface area contributed by atoms with Gasteiger partial charge in [0.25, 0.3) is 0 Å². The van der Waals surface area contributed by atoms with Crippen LogP contribution in [0.2, 0.25) is 0 Å². The minimum atomic E-state index is -1.14. The van der Waals surface area contributed by atoms with Crippen molar-refractivity contribution in [3.8, 4) is 0 Å². The maximum atomic E-state index is 13.6. The largest absolute Gasteiger partial charge is 0.459 e. The van der Waals surface area contributed by atoms with Gasteiger partial charge in [0.1, 0.15) is 25.4 Å². The molecule has 40 heavy (non-hydrogen) atoms. The average molecular weight is 548 g/mol. The van der Waals surface area contributed by atoms with E-state index in [0.717, 1.165) is 11.1 Å². The van der Waals surface area contributed by atoms with Crippen molar-refractivity contribution in [3.05, 3.63) is 108 Å². The first-order valence-corrected chi connectivity index (χ1v) is 13.1. The Bertz CT molecular complexity index is 1240. The van der Waals surface area contributed by atoms with E-state index in [1.54, 1.807) is 30.3 Å². The molecule has 1 unspecified atom stereocenters. The number of carbonyl (C=O) groups is 3. The SMILES string of the molecule is CO[C@@H]1O[C@H](COC(=O)c2ccccc2)[C@H](CC(=O)[C@H](Cc2ccccc2)NC(=O)OCc2ccccc2)C1O. The number of amides is 1. The number of hydrogen-bond acceptors (Lipinski definition) is 8. The molecule has 3 aromatic rings. The first kappa shape index (κ1) is 28.9. The molecule has 0 aromatic heterocycles. The van der Waals surface area contributed by atoms with Gasteiger partial charge in [-0.3, -0.25) is 4.79 Å². The van der Waals surface area contributed by atoms with Crippen molar-refractivity contribution in [1.82, 2.24) is 5.32 Å². The molecule has 4 rings (SSSR count). The second-order valence-corrected chi connectivity index (χ2v) is 9.52. The number of rotatable bonds is 12. The zero-order chi connectivity index (χ0) is 28.3. The predicted octanol–water partition coefficient (Wildman–Crippen LogP) is 3.69. The quantitative estimate of drug-likeness (QED) is 0.330. The summed E-state index contributed by atoms with van der Waals surface area (Å²) in [5.41, 5.74) is 2.03. The van der Waals surface area contributed by atoms with Gasteiger partial charge in [0, 0.05) is 19.4 Å². The first-order chi connectivity index (χ1) is 19.4. The zero-order valence-corrected chi connectivity index (χ0v) is 22.2. The van der Waals surface area contributed by atoms with E-state index in [1.807, 2.05) is 60.7 Å². The van der Waals surface area contributed by atoms with Crippen molar-refractivity contribution in [2.24, 2.45) is 5.92 Å². The van der Waals surface area contributed by atoms with Gasteiger partial charge < -0.3 is 29.4 Å². The number of aliphatic hydroxyl groups excluding tert-OH is 1. The number of alkyl carbamates (subject to hydrolysis) is 1. The van der Waals surface area contributed by atoms with Gasteiger partial charge in [-0.15, -0.1) is 0 Å². The Morgan fingerprint density at radius 3 is 2.10 bits per heavy atom. The van der Waals surface area contributed by atoms with E-state index in [9.17, 15) is 19.5 Å². The number of benzene rings is 3. The van der Waals surface area contributed by atoms with Crippen LogP contribution in [0.1, 0.15) is 27.9 Å². The summed E-state index contributed by atoms with van der Waals surface area (Å²) in [6.45, 7) is -0.128. The molecule has 0 aliphatic carbocycles. The van der Waals surface area contributed by atoms with Gasteiger partial charge in [-0.05, 0) is 29.7 Å². The van der Waals surface area contributed by atoms with Crippen LogP contribution in [0.15, 0.2) is 91.0 Å². The molecule has 0 bridgehead atoms. The molecule has 1 saturated heterocycles. The third kappa shape index (κ3) is 7.98. The highest BCUT2D eigenvalue weighted by Crippen LogP contribution is 2.31. The fraction of sp³-hybridized carbons (Fsp3) is 0.323. The van der Waals surface area contributed by atoms with E-state index in [1.165, 1.54) is 7.11 Å². The third-order valence-electron chi connectivity index (χ3n) is 6.74. The lowest BCUT2D eigenvalue weighted by Gasteiger charge is -2.23. The minimum absolute atomic E-state index is 0.0540. The fourth-order valence-corrected chi connectivity index (χ4v) is 4.58. The lowest BCUT2D eigenvalue weighted by Crippen LogP contribution is -2.44. The van der Waals surface area contributed by atoms with E-state index in [0.29, 0.717) is 5.56 Å². The van der Waals surface area contributed by atoms with Crippen LogP contribution in [-0.4, -0.2) is 61.2 Å². The van der Waals surface area contributed by atoms with Gasteiger partial charge in [0.2, 0.25) is 0 Å². The van der Waals surface area contributed by atoms with Crippen LogP contribution in [0, 0.1) is 5.92 Å². The second-order valence-electron chi connectivity index (χ2n) is 9.52. The van der Waals surface area contributed by atoms with Gasteiger partial charge in [-0.2, -0.15) is 0 Å². The molecule has 1 fully saturated rings. The summed E-state index contributed by atoms with van der Waals surface area (Å²) in [5.74, 6) is -1.61. The number of esters is 1. The van der Waals surface area contributed by atoms with Crippen LogP contribution in [0.4, 0.5) is 4.79 Å². The van der Waals surface area contributed by atoms with Crippen LogP contribution >= 0.6 is 0 Å². The second kappa shape index (κ2) is 14.4. The number of aliphatic hydroxyl groups is 1. The third-order valence-corrected chi connectivity index (χ3v) is 6.74.